The predicted molar refractivity (Wildman–Crippen MR) is 112 cm³/mol. The van der Waals surface area contributed by atoms with Crippen LogP contribution in [-0.4, -0.2) is 50.7 Å². The van der Waals surface area contributed by atoms with Crippen LogP contribution in [0, 0.1) is 0 Å². The highest BCUT2D eigenvalue weighted by Gasteiger charge is 2.43. The van der Waals surface area contributed by atoms with Gasteiger partial charge in [0.05, 0.1) is 24.3 Å². The Hall–Kier alpha value is -3.48. The van der Waals surface area contributed by atoms with E-state index >= 15 is 0 Å². The first-order chi connectivity index (χ1) is 13.9. The summed E-state index contributed by atoms with van der Waals surface area (Å²) in [6.45, 7) is 5.44. The molecule has 1 aromatic carbocycles. The van der Waals surface area contributed by atoms with Crippen LogP contribution in [0.1, 0.15) is 29.8 Å². The summed E-state index contributed by atoms with van der Waals surface area (Å²) in [6.07, 6.45) is 3.63. The minimum atomic E-state index is -0.240. The van der Waals surface area contributed by atoms with Gasteiger partial charge in [0.15, 0.2) is 5.82 Å². The zero-order valence-corrected chi connectivity index (χ0v) is 16.7. The highest BCUT2D eigenvalue weighted by atomic mass is 16.2. The fourth-order valence-electron chi connectivity index (χ4n) is 3.87. The van der Waals surface area contributed by atoms with Gasteiger partial charge in [0, 0.05) is 25.0 Å². The summed E-state index contributed by atoms with van der Waals surface area (Å²) in [4.78, 5) is 25.5. The van der Waals surface area contributed by atoms with Gasteiger partial charge in [-0.05, 0) is 31.5 Å². The molecular weight excluding hydrogens is 364 g/mol. The molecule has 0 saturated heterocycles. The van der Waals surface area contributed by atoms with Crippen molar-refractivity contribution in [1.29, 1.82) is 0 Å². The Morgan fingerprint density at radius 1 is 1.10 bits per heavy atom. The molecule has 5 rings (SSSR count). The van der Waals surface area contributed by atoms with Gasteiger partial charge in [0.25, 0.3) is 5.91 Å². The molecule has 2 aromatic heterocycles. The largest absolute Gasteiger partial charge is 0.292 e. The molecule has 0 N–H and O–H groups in total. The number of anilines is 1. The molecule has 2 aliphatic heterocycles. The average molecular weight is 386 g/mol. The molecule has 3 aromatic rings. The first kappa shape index (κ1) is 17.6. The normalized spacial score (nSPS) is 17.2. The Balaban J connectivity index is 1.42. The summed E-state index contributed by atoms with van der Waals surface area (Å²) < 4.78 is 1.83. The monoisotopic (exact) mass is 386 g/mol. The maximum atomic E-state index is 12.8. The third-order valence-electron chi connectivity index (χ3n) is 5.28. The Kier molecular flexibility index (Phi) is 3.81. The van der Waals surface area contributed by atoms with Crippen LogP contribution in [0.15, 0.2) is 59.9 Å². The third-order valence-corrected chi connectivity index (χ3v) is 5.28. The summed E-state index contributed by atoms with van der Waals surface area (Å²) in [7, 11) is 1.77. The van der Waals surface area contributed by atoms with E-state index in [1.165, 1.54) is 0 Å². The molecule has 7 heteroatoms. The Morgan fingerprint density at radius 3 is 2.62 bits per heavy atom. The number of pyridine rings is 1. The van der Waals surface area contributed by atoms with E-state index in [1.807, 2.05) is 34.0 Å². The number of nitrogens with zero attached hydrogens (tertiary/aromatic N) is 6. The summed E-state index contributed by atoms with van der Waals surface area (Å²) >= 11 is 0. The lowest BCUT2D eigenvalue weighted by Crippen LogP contribution is -2.48. The van der Waals surface area contributed by atoms with Crippen LogP contribution in [-0.2, 0) is 6.54 Å². The first-order valence-electron chi connectivity index (χ1n) is 9.64. The number of benzene rings is 1. The predicted octanol–water partition coefficient (Wildman–Crippen LogP) is 3.03. The molecule has 0 bridgehead atoms. The number of guanidine groups is 1. The Bertz CT molecular complexity index is 1110. The van der Waals surface area contributed by atoms with E-state index in [9.17, 15) is 4.79 Å². The number of aromatic nitrogens is 3. The van der Waals surface area contributed by atoms with E-state index < -0.39 is 0 Å². The van der Waals surface area contributed by atoms with Crippen molar-refractivity contribution in [3.63, 3.8) is 0 Å². The lowest BCUT2D eigenvalue weighted by molar-refractivity contribution is 0.0865. The summed E-state index contributed by atoms with van der Waals surface area (Å²) in [5.41, 5.74) is 3.52. The Labute approximate surface area is 169 Å². The third kappa shape index (κ3) is 2.99. The molecule has 0 aliphatic carbocycles. The van der Waals surface area contributed by atoms with Crippen LogP contribution in [0.25, 0.3) is 11.3 Å². The smallest absolute Gasteiger partial charge is 0.265 e. The molecule has 0 radical (unpaired) electrons. The lowest BCUT2D eigenvalue weighted by atomic mass is 10.1. The first-order valence-corrected chi connectivity index (χ1v) is 9.64. The molecular formula is C22H22N6O. The summed E-state index contributed by atoms with van der Waals surface area (Å²) in [5, 5.41) is 4.72. The van der Waals surface area contributed by atoms with Gasteiger partial charge < -0.3 is 0 Å². The highest BCUT2D eigenvalue weighted by molar-refractivity contribution is 6.18. The second-order valence-electron chi connectivity index (χ2n) is 8.15. The number of carbonyl (C=O) groups is 1. The number of aliphatic imine (C=N–C) groups is 1. The van der Waals surface area contributed by atoms with Crippen molar-refractivity contribution in [2.75, 3.05) is 18.5 Å². The fourth-order valence-corrected chi connectivity index (χ4v) is 3.87. The molecule has 7 nitrogen and oxygen atoms in total. The fraction of sp³-hybridized carbons (Fsp3) is 0.273. The number of hydrogen-bond donors (Lipinski definition) is 0. The topological polar surface area (TPSA) is 66.6 Å². The van der Waals surface area contributed by atoms with E-state index in [0.717, 1.165) is 16.8 Å². The molecule has 0 spiro atoms. The van der Waals surface area contributed by atoms with Gasteiger partial charge in [0.1, 0.15) is 5.56 Å². The maximum Gasteiger partial charge on any atom is 0.265 e. The van der Waals surface area contributed by atoms with Crippen molar-refractivity contribution in [2.45, 2.75) is 25.9 Å². The zero-order valence-electron chi connectivity index (χ0n) is 16.7. The zero-order chi connectivity index (χ0) is 20.2. The van der Waals surface area contributed by atoms with E-state index in [-0.39, 0.29) is 11.4 Å². The lowest BCUT2D eigenvalue weighted by Gasteiger charge is -2.30. The van der Waals surface area contributed by atoms with Gasteiger partial charge in [-0.25, -0.2) is 4.99 Å². The van der Waals surface area contributed by atoms with Gasteiger partial charge in [-0.2, -0.15) is 5.10 Å². The van der Waals surface area contributed by atoms with E-state index in [4.69, 9.17) is 10.1 Å². The molecule has 0 fully saturated rings. The van der Waals surface area contributed by atoms with Gasteiger partial charge >= 0.3 is 0 Å². The Morgan fingerprint density at radius 2 is 1.90 bits per heavy atom. The van der Waals surface area contributed by atoms with Crippen molar-refractivity contribution in [3.8, 4) is 11.3 Å². The number of fused-ring (bicyclic) bond motifs is 3. The molecule has 0 saturated carbocycles. The molecule has 29 heavy (non-hydrogen) atoms. The maximum absolute atomic E-state index is 12.8. The van der Waals surface area contributed by atoms with Crippen molar-refractivity contribution in [2.24, 2.45) is 4.99 Å². The van der Waals surface area contributed by atoms with Crippen molar-refractivity contribution < 1.29 is 4.79 Å². The summed E-state index contributed by atoms with van der Waals surface area (Å²) in [6, 6.07) is 14.2. The van der Waals surface area contributed by atoms with Crippen molar-refractivity contribution >= 4 is 17.7 Å². The van der Waals surface area contributed by atoms with Crippen molar-refractivity contribution in [3.05, 3.63) is 66.0 Å². The number of rotatable bonds is 3. The van der Waals surface area contributed by atoms with Crippen LogP contribution >= 0.6 is 0 Å². The SMILES string of the molecule is CN1C(=O)c2cn(Cc3ccc(-c4ccccn4)cc3)nc2N2CC(C)(C)N=C12. The van der Waals surface area contributed by atoms with Gasteiger partial charge in [0.2, 0.25) is 5.96 Å². The van der Waals surface area contributed by atoms with Crippen LogP contribution in [0.3, 0.4) is 0 Å². The van der Waals surface area contributed by atoms with Crippen molar-refractivity contribution in [1.82, 2.24) is 19.7 Å². The van der Waals surface area contributed by atoms with Crippen LogP contribution in [0.2, 0.25) is 0 Å². The van der Waals surface area contributed by atoms with Crippen LogP contribution in [0.5, 0.6) is 0 Å². The second kappa shape index (κ2) is 6.27. The molecule has 0 atom stereocenters. The molecule has 4 heterocycles. The van der Waals surface area contributed by atoms with Crippen LogP contribution in [0.4, 0.5) is 5.82 Å². The average Bonchev–Trinajstić information content (AvgIpc) is 3.28. The van der Waals surface area contributed by atoms with Gasteiger partial charge in [-0.15, -0.1) is 0 Å². The van der Waals surface area contributed by atoms with Crippen LogP contribution < -0.4 is 4.90 Å². The van der Waals surface area contributed by atoms with E-state index in [2.05, 4.69) is 43.1 Å². The molecule has 2 aliphatic rings. The van der Waals surface area contributed by atoms with Gasteiger partial charge in [-0.3, -0.25) is 24.3 Å². The minimum Gasteiger partial charge on any atom is -0.292 e. The number of amides is 1. The molecule has 1 amide bonds. The molecule has 146 valence electrons. The highest BCUT2D eigenvalue weighted by Crippen LogP contribution is 2.33. The van der Waals surface area contributed by atoms with E-state index in [0.29, 0.717) is 30.4 Å². The number of hydrogen-bond acceptors (Lipinski definition) is 5. The van der Waals surface area contributed by atoms with E-state index in [1.54, 1.807) is 18.1 Å². The standard InChI is InChI=1S/C22H22N6O/c1-22(2)14-28-19-17(20(29)26(3)21(28)24-22)13-27(25-19)12-15-7-9-16(10-8-15)18-6-4-5-11-23-18/h4-11,13H,12,14H2,1-3H3. The van der Waals surface area contributed by atoms with Gasteiger partial charge in [-0.1, -0.05) is 30.3 Å². The summed E-state index contributed by atoms with van der Waals surface area (Å²) in [5.74, 6) is 1.31. The number of carbonyl (C=O) groups excluding carboxylic acids is 1. The minimum absolute atomic E-state index is 0.0653. The quantitative estimate of drug-likeness (QED) is 0.694. The molecule has 0 unspecified atom stereocenters. The second-order valence-corrected chi connectivity index (χ2v) is 8.15.